The van der Waals surface area contributed by atoms with E-state index in [0.29, 0.717) is 22.5 Å². The molecule has 1 aromatic carbocycles. The van der Waals surface area contributed by atoms with Gasteiger partial charge in [0.2, 0.25) is 0 Å². The van der Waals surface area contributed by atoms with E-state index in [1.807, 2.05) is 32.0 Å². The lowest BCUT2D eigenvalue weighted by atomic mass is 10.2. The molecular weight excluding hydrogens is 302 g/mol. The quantitative estimate of drug-likeness (QED) is 0.750. The molecule has 0 radical (unpaired) electrons. The van der Waals surface area contributed by atoms with E-state index in [0.717, 1.165) is 17.0 Å². The van der Waals surface area contributed by atoms with Gasteiger partial charge in [0, 0.05) is 22.8 Å². The van der Waals surface area contributed by atoms with Crippen LogP contribution in [-0.2, 0) is 0 Å². The van der Waals surface area contributed by atoms with Gasteiger partial charge in [-0.15, -0.1) is 0 Å². The first-order chi connectivity index (χ1) is 10.6. The maximum atomic E-state index is 6.12. The molecule has 2 aromatic heterocycles. The van der Waals surface area contributed by atoms with E-state index in [4.69, 9.17) is 16.1 Å². The first kappa shape index (κ1) is 14.3. The lowest BCUT2D eigenvalue weighted by Gasteiger charge is -2.08. The van der Waals surface area contributed by atoms with E-state index in [1.165, 1.54) is 6.33 Å². The van der Waals surface area contributed by atoms with Crippen LogP contribution in [0.2, 0.25) is 5.02 Å². The van der Waals surface area contributed by atoms with Gasteiger partial charge in [-0.25, -0.2) is 9.97 Å². The molecule has 6 nitrogen and oxygen atoms in total. The van der Waals surface area contributed by atoms with Crippen LogP contribution in [-0.4, -0.2) is 15.1 Å². The largest absolute Gasteiger partial charge is 0.360 e. The van der Waals surface area contributed by atoms with Gasteiger partial charge in [0.05, 0.1) is 0 Å². The van der Waals surface area contributed by atoms with E-state index in [1.54, 1.807) is 12.1 Å². The molecule has 2 heterocycles. The molecule has 7 heteroatoms. The van der Waals surface area contributed by atoms with Crippen molar-refractivity contribution in [2.45, 2.75) is 13.8 Å². The minimum absolute atomic E-state index is 0.598. The number of rotatable bonds is 4. The van der Waals surface area contributed by atoms with Crippen LogP contribution in [0.1, 0.15) is 11.3 Å². The Morgan fingerprint density at radius 2 is 1.73 bits per heavy atom. The molecule has 0 aliphatic carbocycles. The zero-order valence-electron chi connectivity index (χ0n) is 12.1. The average Bonchev–Trinajstić information content (AvgIpc) is 2.89. The third-order valence-corrected chi connectivity index (χ3v) is 3.40. The van der Waals surface area contributed by atoms with Crippen molar-refractivity contribution in [1.29, 1.82) is 0 Å². The standard InChI is InChI=1S/C15H14ClN5O/c1-9-3-4-11(6-12(9)16)19-13-7-14(18-8-17-13)20-15-5-10(2)22-21-15/h3-8H,1-2H3,(H2,17,18,19,20,21). The van der Waals surface area contributed by atoms with Crippen molar-refractivity contribution in [2.75, 3.05) is 10.6 Å². The summed E-state index contributed by atoms with van der Waals surface area (Å²) in [5, 5.41) is 10.8. The van der Waals surface area contributed by atoms with Gasteiger partial charge < -0.3 is 15.2 Å². The first-order valence-corrected chi connectivity index (χ1v) is 7.03. The van der Waals surface area contributed by atoms with E-state index in [2.05, 4.69) is 25.8 Å². The fraction of sp³-hybridized carbons (Fsp3) is 0.133. The van der Waals surface area contributed by atoms with Gasteiger partial charge in [0.25, 0.3) is 0 Å². The molecule has 0 spiro atoms. The zero-order valence-corrected chi connectivity index (χ0v) is 12.8. The monoisotopic (exact) mass is 315 g/mol. The van der Waals surface area contributed by atoms with Crippen molar-refractivity contribution in [3.8, 4) is 0 Å². The summed E-state index contributed by atoms with van der Waals surface area (Å²) < 4.78 is 5.00. The molecule has 22 heavy (non-hydrogen) atoms. The number of nitrogens with zero attached hydrogens (tertiary/aromatic N) is 3. The Bertz CT molecular complexity index is 802. The zero-order chi connectivity index (χ0) is 15.5. The van der Waals surface area contributed by atoms with Gasteiger partial charge in [-0.1, -0.05) is 22.8 Å². The number of hydrogen-bond acceptors (Lipinski definition) is 6. The summed E-state index contributed by atoms with van der Waals surface area (Å²) in [7, 11) is 0. The Hall–Kier alpha value is -2.60. The Balaban J connectivity index is 1.77. The highest BCUT2D eigenvalue weighted by Crippen LogP contribution is 2.23. The normalized spacial score (nSPS) is 10.5. The highest BCUT2D eigenvalue weighted by Gasteiger charge is 2.04. The van der Waals surface area contributed by atoms with E-state index in [-0.39, 0.29) is 0 Å². The van der Waals surface area contributed by atoms with Gasteiger partial charge >= 0.3 is 0 Å². The SMILES string of the molecule is Cc1cc(Nc2cc(Nc3ccc(C)c(Cl)c3)ncn2)no1. The number of aromatic nitrogens is 3. The predicted octanol–water partition coefficient (Wildman–Crippen LogP) is 4.22. The minimum Gasteiger partial charge on any atom is -0.360 e. The van der Waals surface area contributed by atoms with E-state index >= 15 is 0 Å². The maximum Gasteiger partial charge on any atom is 0.175 e. The summed E-state index contributed by atoms with van der Waals surface area (Å²) in [6, 6.07) is 9.31. The van der Waals surface area contributed by atoms with Crippen molar-refractivity contribution in [1.82, 2.24) is 15.1 Å². The number of anilines is 4. The summed E-state index contributed by atoms with van der Waals surface area (Å²) in [6.45, 7) is 3.78. The average molecular weight is 316 g/mol. The first-order valence-electron chi connectivity index (χ1n) is 6.66. The Labute approximate surface area is 132 Å². The number of nitrogens with one attached hydrogen (secondary N) is 2. The lowest BCUT2D eigenvalue weighted by molar-refractivity contribution is 0.400. The van der Waals surface area contributed by atoms with Crippen LogP contribution in [0.15, 0.2) is 41.2 Å². The molecule has 0 saturated heterocycles. The van der Waals surface area contributed by atoms with E-state index < -0.39 is 0 Å². The van der Waals surface area contributed by atoms with Crippen molar-refractivity contribution in [3.05, 3.63) is 53.0 Å². The Morgan fingerprint density at radius 1 is 0.955 bits per heavy atom. The molecule has 0 saturated carbocycles. The molecule has 0 amide bonds. The second-order valence-electron chi connectivity index (χ2n) is 4.83. The fourth-order valence-corrected chi connectivity index (χ4v) is 2.05. The van der Waals surface area contributed by atoms with Gasteiger partial charge in [-0.2, -0.15) is 0 Å². The molecule has 112 valence electrons. The van der Waals surface area contributed by atoms with Crippen LogP contribution >= 0.6 is 11.6 Å². The fourth-order valence-electron chi connectivity index (χ4n) is 1.87. The molecule has 3 rings (SSSR count). The second-order valence-corrected chi connectivity index (χ2v) is 5.23. The van der Waals surface area contributed by atoms with Crippen molar-refractivity contribution >= 4 is 34.7 Å². The van der Waals surface area contributed by atoms with Gasteiger partial charge in [0.15, 0.2) is 5.82 Å². The van der Waals surface area contributed by atoms with Crippen molar-refractivity contribution < 1.29 is 4.52 Å². The second kappa shape index (κ2) is 6.03. The number of aryl methyl sites for hydroxylation is 2. The molecule has 0 aliphatic heterocycles. The van der Waals surface area contributed by atoms with Gasteiger partial charge in [-0.3, -0.25) is 0 Å². The lowest BCUT2D eigenvalue weighted by Crippen LogP contribution is -1.98. The third kappa shape index (κ3) is 3.35. The topological polar surface area (TPSA) is 75.9 Å². The minimum atomic E-state index is 0.598. The molecule has 0 fully saturated rings. The summed E-state index contributed by atoms with van der Waals surface area (Å²) in [5.41, 5.74) is 1.89. The number of benzene rings is 1. The molecule has 0 bridgehead atoms. The highest BCUT2D eigenvalue weighted by atomic mass is 35.5. The smallest absolute Gasteiger partial charge is 0.175 e. The molecule has 2 N–H and O–H groups in total. The van der Waals surface area contributed by atoms with Crippen LogP contribution in [0.4, 0.5) is 23.1 Å². The molecule has 0 atom stereocenters. The molecule has 0 unspecified atom stereocenters. The van der Waals surface area contributed by atoms with Crippen molar-refractivity contribution in [2.24, 2.45) is 0 Å². The summed E-state index contributed by atoms with van der Waals surface area (Å²) in [6.07, 6.45) is 1.47. The summed E-state index contributed by atoms with van der Waals surface area (Å²) in [5.74, 6) is 2.59. The van der Waals surface area contributed by atoms with Crippen molar-refractivity contribution in [3.63, 3.8) is 0 Å². The number of hydrogen-bond donors (Lipinski definition) is 2. The maximum absolute atomic E-state index is 6.12. The third-order valence-electron chi connectivity index (χ3n) is 3.00. The van der Waals surface area contributed by atoms with Gasteiger partial charge in [-0.05, 0) is 31.5 Å². The van der Waals surface area contributed by atoms with Crippen LogP contribution in [0.3, 0.4) is 0 Å². The molecular formula is C15H14ClN5O. The molecule has 0 aliphatic rings. The highest BCUT2D eigenvalue weighted by molar-refractivity contribution is 6.31. The van der Waals surface area contributed by atoms with Gasteiger partial charge in [0.1, 0.15) is 23.7 Å². The van der Waals surface area contributed by atoms with Crippen LogP contribution in [0.25, 0.3) is 0 Å². The Kier molecular flexibility index (Phi) is 3.93. The summed E-state index contributed by atoms with van der Waals surface area (Å²) >= 11 is 6.12. The van der Waals surface area contributed by atoms with Crippen LogP contribution < -0.4 is 10.6 Å². The van der Waals surface area contributed by atoms with Crippen LogP contribution in [0.5, 0.6) is 0 Å². The van der Waals surface area contributed by atoms with Crippen LogP contribution in [0, 0.1) is 13.8 Å². The Morgan fingerprint density at radius 3 is 2.41 bits per heavy atom. The summed E-state index contributed by atoms with van der Waals surface area (Å²) in [4.78, 5) is 8.33. The number of halogens is 1. The predicted molar refractivity (Wildman–Crippen MR) is 86.0 cm³/mol. The molecule has 3 aromatic rings. The van der Waals surface area contributed by atoms with E-state index in [9.17, 15) is 0 Å².